The molecule has 2 amide bonds. The third kappa shape index (κ3) is 3.27. The number of fused-ring (bicyclic) bond motifs is 5. The average Bonchev–Trinajstić information content (AvgIpc) is 3.47. The molecule has 34 heavy (non-hydrogen) atoms. The number of carbonyl (C=O) groups is 2. The van der Waals surface area contributed by atoms with Gasteiger partial charge in [0.15, 0.2) is 0 Å². The summed E-state index contributed by atoms with van der Waals surface area (Å²) in [6.45, 7) is 0. The van der Waals surface area contributed by atoms with E-state index in [1.165, 1.54) is 29.2 Å². The first-order valence-corrected chi connectivity index (χ1v) is 12.6. The van der Waals surface area contributed by atoms with E-state index in [1.807, 2.05) is 24.3 Å². The molecule has 1 saturated heterocycles. The Labute approximate surface area is 213 Å². The first-order chi connectivity index (χ1) is 16.4. The van der Waals surface area contributed by atoms with Crippen molar-refractivity contribution >= 4 is 54.9 Å². The summed E-state index contributed by atoms with van der Waals surface area (Å²) in [7, 11) is 0. The minimum atomic E-state index is -0.441. The van der Waals surface area contributed by atoms with Gasteiger partial charge in [0.25, 0.3) is 0 Å². The third-order valence-corrected chi connectivity index (χ3v) is 8.11. The second-order valence-electron chi connectivity index (χ2n) is 8.82. The number of amides is 2. The molecule has 2 fully saturated rings. The molecule has 3 aromatic carbocycles. The molecule has 3 aliphatic rings. The van der Waals surface area contributed by atoms with Gasteiger partial charge < -0.3 is 0 Å². The Hall–Kier alpha value is -2.83. The molecular formula is C28H18Br2FNO2. The van der Waals surface area contributed by atoms with Crippen molar-refractivity contribution < 1.29 is 14.0 Å². The molecule has 0 aromatic heterocycles. The molecule has 3 nitrogen and oxygen atoms in total. The summed E-state index contributed by atoms with van der Waals surface area (Å²) in [5.74, 6) is -2.00. The van der Waals surface area contributed by atoms with Crippen LogP contribution in [0, 0.1) is 29.5 Å². The highest BCUT2D eigenvalue weighted by atomic mass is 79.9. The fourth-order valence-corrected chi connectivity index (χ4v) is 6.20. The van der Waals surface area contributed by atoms with Crippen LogP contribution in [0.2, 0.25) is 0 Å². The molecule has 0 radical (unpaired) electrons. The number of hydrogen-bond acceptors (Lipinski definition) is 2. The highest BCUT2D eigenvalue weighted by molar-refractivity contribution is 9.10. The maximum Gasteiger partial charge on any atom is 0.238 e. The number of benzene rings is 3. The van der Waals surface area contributed by atoms with Crippen LogP contribution in [0.4, 0.5) is 10.1 Å². The van der Waals surface area contributed by atoms with E-state index < -0.39 is 17.7 Å². The molecular weight excluding hydrogens is 561 g/mol. The predicted molar refractivity (Wildman–Crippen MR) is 136 cm³/mol. The Morgan fingerprint density at radius 1 is 0.676 bits per heavy atom. The van der Waals surface area contributed by atoms with Gasteiger partial charge in [-0.05, 0) is 70.8 Å². The fourth-order valence-electron chi connectivity index (χ4n) is 5.67. The minimum absolute atomic E-state index is 0.154. The second kappa shape index (κ2) is 8.14. The summed E-state index contributed by atoms with van der Waals surface area (Å²) in [5, 5.41) is 0. The largest absolute Gasteiger partial charge is 0.274 e. The van der Waals surface area contributed by atoms with Gasteiger partial charge in [-0.1, -0.05) is 68.3 Å². The highest BCUT2D eigenvalue weighted by Gasteiger charge is 2.62. The molecule has 0 N–H and O–H groups in total. The lowest BCUT2D eigenvalue weighted by Gasteiger charge is -2.21. The number of hydrogen-bond donors (Lipinski definition) is 0. The number of rotatable bonds is 3. The fraction of sp³-hybridized carbons (Fsp3) is 0.143. The summed E-state index contributed by atoms with van der Waals surface area (Å²) in [5.41, 5.74) is 4.73. The molecule has 6 rings (SSSR count). The van der Waals surface area contributed by atoms with E-state index in [0.717, 1.165) is 31.2 Å². The van der Waals surface area contributed by atoms with Gasteiger partial charge in [-0.15, -0.1) is 0 Å². The Balaban J connectivity index is 1.48. The molecule has 0 unspecified atom stereocenters. The topological polar surface area (TPSA) is 37.4 Å². The number of imide groups is 1. The zero-order valence-corrected chi connectivity index (χ0v) is 21.0. The monoisotopic (exact) mass is 577 g/mol. The van der Waals surface area contributed by atoms with E-state index in [1.54, 1.807) is 0 Å². The Morgan fingerprint density at radius 2 is 1.12 bits per heavy atom. The van der Waals surface area contributed by atoms with Gasteiger partial charge in [0.1, 0.15) is 5.82 Å². The van der Waals surface area contributed by atoms with Crippen molar-refractivity contribution in [1.29, 1.82) is 0 Å². The molecule has 168 valence electrons. The van der Waals surface area contributed by atoms with E-state index in [-0.39, 0.29) is 23.7 Å². The van der Waals surface area contributed by atoms with Crippen LogP contribution >= 0.6 is 31.9 Å². The van der Waals surface area contributed by atoms with E-state index >= 15 is 0 Å². The predicted octanol–water partition coefficient (Wildman–Crippen LogP) is 6.77. The zero-order chi connectivity index (χ0) is 23.6. The van der Waals surface area contributed by atoms with Crippen molar-refractivity contribution in [1.82, 2.24) is 0 Å². The van der Waals surface area contributed by atoms with Gasteiger partial charge in [-0.3, -0.25) is 9.59 Å². The van der Waals surface area contributed by atoms with Crippen molar-refractivity contribution in [2.24, 2.45) is 23.7 Å². The number of halogens is 3. The van der Waals surface area contributed by atoms with Crippen molar-refractivity contribution in [2.45, 2.75) is 0 Å². The maximum atomic E-state index is 13.5. The quantitative estimate of drug-likeness (QED) is 0.254. The van der Waals surface area contributed by atoms with Gasteiger partial charge in [0.2, 0.25) is 11.8 Å². The standard InChI is InChI=1S/C28H18Br2FNO2/c29-17-5-1-15(2-6-17)23(16-3-7-18(30)8-4-16)24-21-13-14-22(24)26-25(21)27(33)32(28(26)34)20-11-9-19(31)10-12-20/h1-14,21-22,25-26H/t21-,22+,25-,26-/m1/s1. The summed E-state index contributed by atoms with van der Waals surface area (Å²) < 4.78 is 15.4. The van der Waals surface area contributed by atoms with Crippen molar-refractivity contribution in [3.8, 4) is 0 Å². The number of allylic oxidation sites excluding steroid dienone is 3. The molecule has 1 aliphatic heterocycles. The van der Waals surface area contributed by atoms with E-state index in [9.17, 15) is 14.0 Å². The number of nitrogens with zero attached hydrogens (tertiary/aromatic N) is 1. The van der Waals surface area contributed by atoms with Crippen LogP contribution in [0.15, 0.2) is 99.5 Å². The van der Waals surface area contributed by atoms with Crippen molar-refractivity contribution in [2.75, 3.05) is 4.90 Å². The summed E-state index contributed by atoms with van der Waals surface area (Å²) >= 11 is 7.03. The molecule has 2 aliphatic carbocycles. The van der Waals surface area contributed by atoms with Gasteiger partial charge in [0.05, 0.1) is 17.5 Å². The van der Waals surface area contributed by atoms with Crippen molar-refractivity contribution in [3.05, 3.63) is 116 Å². The van der Waals surface area contributed by atoms with Crippen molar-refractivity contribution in [3.63, 3.8) is 0 Å². The lowest BCUT2D eigenvalue weighted by Crippen LogP contribution is -2.33. The van der Waals surface area contributed by atoms with Crippen LogP contribution in [0.5, 0.6) is 0 Å². The highest BCUT2D eigenvalue weighted by Crippen LogP contribution is 2.58. The Bertz CT molecular complexity index is 1300. The van der Waals surface area contributed by atoms with Crippen LogP contribution in [-0.4, -0.2) is 11.8 Å². The summed E-state index contributed by atoms with van der Waals surface area (Å²) in [4.78, 5) is 28.3. The summed E-state index contributed by atoms with van der Waals surface area (Å²) in [6.07, 6.45) is 4.16. The van der Waals surface area contributed by atoms with Gasteiger partial charge in [-0.25, -0.2) is 9.29 Å². The lowest BCUT2D eigenvalue weighted by molar-refractivity contribution is -0.122. The molecule has 3 aromatic rings. The normalized spacial score (nSPS) is 24.8. The van der Waals surface area contributed by atoms with E-state index in [2.05, 4.69) is 68.3 Å². The van der Waals surface area contributed by atoms with Gasteiger partial charge in [-0.2, -0.15) is 0 Å². The molecule has 1 saturated carbocycles. The van der Waals surface area contributed by atoms with Crippen LogP contribution < -0.4 is 4.90 Å². The third-order valence-electron chi connectivity index (χ3n) is 7.06. The maximum absolute atomic E-state index is 13.5. The van der Waals surface area contributed by atoms with Crippen LogP contribution in [0.25, 0.3) is 5.57 Å². The zero-order valence-electron chi connectivity index (χ0n) is 17.8. The smallest absolute Gasteiger partial charge is 0.238 e. The first kappa shape index (κ1) is 21.7. The number of carbonyl (C=O) groups excluding carboxylic acids is 2. The minimum Gasteiger partial charge on any atom is -0.274 e. The first-order valence-electron chi connectivity index (χ1n) is 11.0. The Morgan fingerprint density at radius 3 is 1.56 bits per heavy atom. The van der Waals surface area contributed by atoms with Crippen LogP contribution in [-0.2, 0) is 9.59 Å². The molecule has 0 spiro atoms. The van der Waals surface area contributed by atoms with Gasteiger partial charge >= 0.3 is 0 Å². The molecule has 4 atom stereocenters. The molecule has 6 heteroatoms. The molecule has 1 heterocycles. The van der Waals surface area contributed by atoms with E-state index in [4.69, 9.17) is 0 Å². The van der Waals surface area contributed by atoms with E-state index in [0.29, 0.717) is 5.69 Å². The average molecular weight is 579 g/mol. The second-order valence-corrected chi connectivity index (χ2v) is 10.7. The van der Waals surface area contributed by atoms with Crippen LogP contribution in [0.1, 0.15) is 11.1 Å². The molecule has 2 bridgehead atoms. The Kier molecular flexibility index (Phi) is 5.19. The van der Waals surface area contributed by atoms with Gasteiger partial charge in [0, 0.05) is 20.8 Å². The SMILES string of the molecule is O=C1[C@H]2[C@H](C(=O)N1c1ccc(F)cc1)[C@H]1C=C[C@@H]2C1=C(c1ccc(Br)cc1)c1ccc(Br)cc1. The lowest BCUT2D eigenvalue weighted by atomic mass is 9.85. The van der Waals surface area contributed by atoms with Crippen LogP contribution in [0.3, 0.4) is 0 Å². The number of anilines is 1. The summed E-state index contributed by atoms with van der Waals surface area (Å²) in [6, 6.07) is 21.8.